The Morgan fingerprint density at radius 1 is 1.15 bits per heavy atom. The number of benzene rings is 1. The zero-order chi connectivity index (χ0) is 9.26. The number of thiophene rings is 1. The molecule has 2 rings (SSSR count). The van der Waals surface area contributed by atoms with Crippen molar-refractivity contribution in [1.82, 2.24) is 0 Å². The topological polar surface area (TPSA) is 26.0 Å². The predicted molar refractivity (Wildman–Crippen MR) is 54.1 cm³/mol. The van der Waals surface area contributed by atoms with E-state index in [1.807, 2.05) is 22.9 Å². The molecule has 13 heavy (non-hydrogen) atoms. The van der Waals surface area contributed by atoms with E-state index in [-0.39, 0.29) is 11.5 Å². The monoisotopic (exact) mass is 193 g/mol. The Hall–Kier alpha value is -1.35. The molecule has 0 atom stereocenters. The van der Waals surface area contributed by atoms with Gasteiger partial charge in [0.1, 0.15) is 5.82 Å². The van der Waals surface area contributed by atoms with Gasteiger partial charge in [-0.1, -0.05) is 6.07 Å². The van der Waals surface area contributed by atoms with E-state index < -0.39 is 0 Å². The molecule has 3 heteroatoms. The fourth-order valence-electron chi connectivity index (χ4n) is 1.14. The summed E-state index contributed by atoms with van der Waals surface area (Å²) in [6.45, 7) is 0. The molecule has 1 heterocycles. The average Bonchev–Trinajstić information content (AvgIpc) is 2.62. The highest BCUT2D eigenvalue weighted by Gasteiger charge is 2.01. The standard InChI is InChI=1S/C10H8FNS/c11-9-5-7(1-2-10(9)12)8-3-4-13-6-8/h1-6H,12H2. The third-order valence-electron chi connectivity index (χ3n) is 1.85. The van der Waals surface area contributed by atoms with Gasteiger partial charge in [0.05, 0.1) is 5.69 Å². The van der Waals surface area contributed by atoms with Crippen LogP contribution in [0, 0.1) is 5.82 Å². The summed E-state index contributed by atoms with van der Waals surface area (Å²) >= 11 is 1.59. The van der Waals surface area contributed by atoms with E-state index in [1.165, 1.54) is 6.07 Å². The maximum atomic E-state index is 13.0. The van der Waals surface area contributed by atoms with Crippen LogP contribution < -0.4 is 5.73 Å². The van der Waals surface area contributed by atoms with Crippen LogP contribution in [-0.4, -0.2) is 0 Å². The Morgan fingerprint density at radius 2 is 2.00 bits per heavy atom. The zero-order valence-electron chi connectivity index (χ0n) is 6.83. The minimum absolute atomic E-state index is 0.193. The van der Waals surface area contributed by atoms with Crippen molar-refractivity contribution >= 4 is 17.0 Å². The van der Waals surface area contributed by atoms with Crippen molar-refractivity contribution in [2.75, 3.05) is 5.73 Å². The number of halogens is 1. The van der Waals surface area contributed by atoms with Crippen LogP contribution in [0.4, 0.5) is 10.1 Å². The van der Waals surface area contributed by atoms with E-state index >= 15 is 0 Å². The highest BCUT2D eigenvalue weighted by molar-refractivity contribution is 7.08. The van der Waals surface area contributed by atoms with Crippen molar-refractivity contribution in [1.29, 1.82) is 0 Å². The highest BCUT2D eigenvalue weighted by atomic mass is 32.1. The van der Waals surface area contributed by atoms with Crippen molar-refractivity contribution in [2.24, 2.45) is 0 Å². The SMILES string of the molecule is Nc1ccc(-c2ccsc2)cc1F. The molecule has 0 unspecified atom stereocenters. The molecule has 0 radical (unpaired) electrons. The molecular weight excluding hydrogens is 185 g/mol. The van der Waals surface area contributed by atoms with Gasteiger partial charge in [-0.25, -0.2) is 4.39 Å². The molecule has 0 aliphatic heterocycles. The molecule has 2 N–H and O–H groups in total. The Bertz CT molecular complexity index is 409. The molecule has 66 valence electrons. The smallest absolute Gasteiger partial charge is 0.146 e. The van der Waals surface area contributed by atoms with Crippen LogP contribution in [0.15, 0.2) is 35.0 Å². The van der Waals surface area contributed by atoms with Crippen LogP contribution in [0.5, 0.6) is 0 Å². The second-order valence-corrected chi connectivity index (χ2v) is 3.53. The van der Waals surface area contributed by atoms with Crippen LogP contribution in [0.25, 0.3) is 11.1 Å². The molecule has 0 spiro atoms. The van der Waals surface area contributed by atoms with Crippen LogP contribution in [0.1, 0.15) is 0 Å². The van der Waals surface area contributed by atoms with E-state index in [0.29, 0.717) is 0 Å². The van der Waals surface area contributed by atoms with Crippen molar-refractivity contribution < 1.29 is 4.39 Å². The summed E-state index contributed by atoms with van der Waals surface area (Å²) in [5, 5.41) is 3.94. The summed E-state index contributed by atoms with van der Waals surface area (Å²) in [5.41, 5.74) is 7.46. The average molecular weight is 193 g/mol. The molecule has 1 aromatic heterocycles. The fraction of sp³-hybridized carbons (Fsp3) is 0. The first-order chi connectivity index (χ1) is 6.27. The number of hydrogen-bond acceptors (Lipinski definition) is 2. The Balaban J connectivity index is 2.49. The predicted octanol–water partition coefficient (Wildman–Crippen LogP) is 3.14. The molecular formula is C10H8FNS. The van der Waals surface area contributed by atoms with Crippen molar-refractivity contribution in [2.45, 2.75) is 0 Å². The minimum Gasteiger partial charge on any atom is -0.396 e. The van der Waals surface area contributed by atoms with Gasteiger partial charge in [-0.15, -0.1) is 0 Å². The second-order valence-electron chi connectivity index (χ2n) is 2.75. The normalized spacial score (nSPS) is 10.2. The highest BCUT2D eigenvalue weighted by Crippen LogP contribution is 2.24. The largest absolute Gasteiger partial charge is 0.396 e. The van der Waals surface area contributed by atoms with Gasteiger partial charge in [0.15, 0.2) is 0 Å². The molecule has 0 aliphatic rings. The van der Waals surface area contributed by atoms with Crippen molar-refractivity contribution in [3.63, 3.8) is 0 Å². The number of nitrogen functional groups attached to an aromatic ring is 1. The lowest BCUT2D eigenvalue weighted by atomic mass is 10.1. The number of anilines is 1. The summed E-state index contributed by atoms with van der Waals surface area (Å²) < 4.78 is 13.0. The zero-order valence-corrected chi connectivity index (χ0v) is 7.64. The van der Waals surface area contributed by atoms with E-state index in [4.69, 9.17) is 5.73 Å². The first kappa shape index (κ1) is 8.26. The Morgan fingerprint density at radius 3 is 2.62 bits per heavy atom. The molecule has 2 aromatic rings. The van der Waals surface area contributed by atoms with Gasteiger partial charge >= 0.3 is 0 Å². The quantitative estimate of drug-likeness (QED) is 0.692. The second kappa shape index (κ2) is 3.18. The summed E-state index contributed by atoms with van der Waals surface area (Å²) in [4.78, 5) is 0. The van der Waals surface area contributed by atoms with Crippen LogP contribution >= 0.6 is 11.3 Å². The number of hydrogen-bond donors (Lipinski definition) is 1. The molecule has 1 nitrogen and oxygen atoms in total. The van der Waals surface area contributed by atoms with Gasteiger partial charge in [0.25, 0.3) is 0 Å². The van der Waals surface area contributed by atoms with Gasteiger partial charge < -0.3 is 5.73 Å². The van der Waals surface area contributed by atoms with Gasteiger partial charge in [0.2, 0.25) is 0 Å². The summed E-state index contributed by atoms with van der Waals surface area (Å²) in [6, 6.07) is 6.82. The molecule has 0 bridgehead atoms. The molecule has 0 saturated carbocycles. The molecule has 0 amide bonds. The third-order valence-corrected chi connectivity index (χ3v) is 2.54. The Labute approximate surface area is 79.6 Å². The maximum absolute atomic E-state index is 13.0. The lowest BCUT2D eigenvalue weighted by Gasteiger charge is -1.99. The van der Waals surface area contributed by atoms with Crippen LogP contribution in [0.3, 0.4) is 0 Å². The first-order valence-electron chi connectivity index (χ1n) is 3.85. The first-order valence-corrected chi connectivity index (χ1v) is 4.79. The van der Waals surface area contributed by atoms with E-state index in [1.54, 1.807) is 17.4 Å². The third kappa shape index (κ3) is 1.55. The number of nitrogens with two attached hydrogens (primary N) is 1. The van der Waals surface area contributed by atoms with Crippen molar-refractivity contribution in [3.05, 3.63) is 40.8 Å². The molecule has 0 aliphatic carbocycles. The molecule has 0 saturated heterocycles. The van der Waals surface area contributed by atoms with Crippen molar-refractivity contribution in [3.8, 4) is 11.1 Å². The van der Waals surface area contributed by atoms with Crippen LogP contribution in [0.2, 0.25) is 0 Å². The maximum Gasteiger partial charge on any atom is 0.146 e. The lowest BCUT2D eigenvalue weighted by molar-refractivity contribution is 0.633. The van der Waals surface area contributed by atoms with E-state index in [9.17, 15) is 4.39 Å². The van der Waals surface area contributed by atoms with E-state index in [0.717, 1.165) is 11.1 Å². The lowest BCUT2D eigenvalue weighted by Crippen LogP contribution is -1.89. The van der Waals surface area contributed by atoms with Gasteiger partial charge in [-0.3, -0.25) is 0 Å². The molecule has 0 fully saturated rings. The van der Waals surface area contributed by atoms with Crippen LogP contribution in [-0.2, 0) is 0 Å². The summed E-state index contributed by atoms with van der Waals surface area (Å²) in [7, 11) is 0. The minimum atomic E-state index is -0.358. The van der Waals surface area contributed by atoms with E-state index in [2.05, 4.69) is 0 Å². The fourth-order valence-corrected chi connectivity index (χ4v) is 1.80. The molecule has 1 aromatic carbocycles. The summed E-state index contributed by atoms with van der Waals surface area (Å²) in [6.07, 6.45) is 0. The van der Waals surface area contributed by atoms with Gasteiger partial charge in [-0.05, 0) is 40.1 Å². The van der Waals surface area contributed by atoms with Gasteiger partial charge in [-0.2, -0.15) is 11.3 Å². The van der Waals surface area contributed by atoms with Gasteiger partial charge in [0, 0.05) is 0 Å². The summed E-state index contributed by atoms with van der Waals surface area (Å²) in [5.74, 6) is -0.358. The Kier molecular flexibility index (Phi) is 2.02. The number of rotatable bonds is 1.